The van der Waals surface area contributed by atoms with Crippen LogP contribution in [0.15, 0.2) is 96.2 Å². The highest BCUT2D eigenvalue weighted by atomic mass is 16.7. The second-order valence-electron chi connectivity index (χ2n) is 16.5. The molecule has 13 heteroatoms. The fourth-order valence-electron chi connectivity index (χ4n) is 9.74. The summed E-state index contributed by atoms with van der Waals surface area (Å²) in [5.41, 5.74) is 4.44. The predicted octanol–water partition coefficient (Wildman–Crippen LogP) is 7.21. The number of fused-ring (bicyclic) bond motifs is 3. The van der Waals surface area contributed by atoms with Crippen molar-refractivity contribution in [3.63, 3.8) is 0 Å². The van der Waals surface area contributed by atoms with Gasteiger partial charge in [-0.1, -0.05) is 66.5 Å². The van der Waals surface area contributed by atoms with Gasteiger partial charge in [-0.3, -0.25) is 9.80 Å². The van der Waals surface area contributed by atoms with E-state index in [-0.39, 0.29) is 63.9 Å². The van der Waals surface area contributed by atoms with Gasteiger partial charge in [-0.25, -0.2) is 4.79 Å². The van der Waals surface area contributed by atoms with Gasteiger partial charge in [0.1, 0.15) is 30.8 Å². The fourth-order valence-corrected chi connectivity index (χ4v) is 9.74. The van der Waals surface area contributed by atoms with Gasteiger partial charge in [0.15, 0.2) is 11.5 Å². The van der Waals surface area contributed by atoms with Gasteiger partial charge in [-0.2, -0.15) is 0 Å². The van der Waals surface area contributed by atoms with E-state index in [4.69, 9.17) is 38.4 Å². The smallest absolute Gasteiger partial charge is 0.410 e. The maximum absolute atomic E-state index is 14.3. The Morgan fingerprint density at radius 3 is 2.52 bits per heavy atom. The Bertz CT molecular complexity index is 2040. The molecule has 61 heavy (non-hydrogen) atoms. The zero-order chi connectivity index (χ0) is 42.2. The molecule has 3 aliphatic heterocycles. The first-order valence-corrected chi connectivity index (χ1v) is 21.8. The Balaban J connectivity index is 1.30. The molecule has 2 fully saturated rings. The number of carbonyl (C=O) groups excluding carboxylic acids is 1. The average Bonchev–Trinajstić information content (AvgIpc) is 3.99. The number of rotatable bonds is 21. The van der Waals surface area contributed by atoms with E-state index in [1.165, 1.54) is 7.11 Å². The fraction of sp³-hybridized carbons (Fsp3) is 0.500. The molecule has 6 atom stereocenters. The number of nitrogens with zero attached hydrogens (tertiary/aromatic N) is 3. The molecule has 3 aromatic carbocycles. The summed E-state index contributed by atoms with van der Waals surface area (Å²) in [4.78, 5) is 24.6. The summed E-state index contributed by atoms with van der Waals surface area (Å²) in [6, 6.07) is 20.9. The Labute approximate surface area is 358 Å². The zero-order valence-electron chi connectivity index (χ0n) is 35.1. The molecule has 0 unspecified atom stereocenters. The molecule has 0 bridgehead atoms. The number of hydrogen-bond acceptors (Lipinski definition) is 12. The summed E-state index contributed by atoms with van der Waals surface area (Å²) in [5, 5.41) is 24.8. The van der Waals surface area contributed by atoms with Crippen LogP contribution in [0, 0.1) is 17.8 Å². The number of methoxy groups -OCH3 is 1. The van der Waals surface area contributed by atoms with Crippen LogP contribution in [0.2, 0.25) is 0 Å². The van der Waals surface area contributed by atoms with Gasteiger partial charge < -0.3 is 43.5 Å². The van der Waals surface area contributed by atoms with Crippen LogP contribution < -0.4 is 18.9 Å². The molecule has 0 aromatic heterocycles. The van der Waals surface area contributed by atoms with Gasteiger partial charge in [0, 0.05) is 57.3 Å². The summed E-state index contributed by atoms with van der Waals surface area (Å²) in [6.07, 6.45) is 8.41. The van der Waals surface area contributed by atoms with Crippen molar-refractivity contribution < 1.29 is 48.3 Å². The van der Waals surface area contributed by atoms with Crippen molar-refractivity contribution in [2.75, 3.05) is 60.0 Å². The Morgan fingerprint density at radius 2 is 1.75 bits per heavy atom. The number of aliphatic hydroxyl groups is 2. The molecule has 8 rings (SSSR count). The van der Waals surface area contributed by atoms with E-state index in [1.807, 2.05) is 60.7 Å². The van der Waals surface area contributed by atoms with E-state index < -0.39 is 23.8 Å². The molecule has 0 spiro atoms. The second kappa shape index (κ2) is 19.7. The minimum absolute atomic E-state index is 0.0758. The molecule has 13 nitrogen and oxygen atoms in total. The van der Waals surface area contributed by atoms with Crippen LogP contribution in [0.25, 0.3) is 0 Å². The highest BCUT2D eigenvalue weighted by molar-refractivity contribution is 6.03. The largest absolute Gasteiger partial charge is 0.492 e. The second-order valence-corrected chi connectivity index (χ2v) is 16.5. The molecule has 2 aliphatic carbocycles. The molecule has 326 valence electrons. The number of hydrogen-bond donors (Lipinski definition) is 2. The molecule has 3 heterocycles. The minimum atomic E-state index is -1.44. The third-order valence-electron chi connectivity index (χ3n) is 12.7. The van der Waals surface area contributed by atoms with E-state index >= 15 is 0 Å². The summed E-state index contributed by atoms with van der Waals surface area (Å²) < 4.78 is 37.8. The molecule has 5 aliphatic rings. The van der Waals surface area contributed by atoms with E-state index in [0.717, 1.165) is 73.3 Å². The average molecular weight is 838 g/mol. The van der Waals surface area contributed by atoms with Crippen molar-refractivity contribution in [2.24, 2.45) is 22.9 Å². The van der Waals surface area contributed by atoms with E-state index in [9.17, 15) is 15.0 Å². The SMILES string of the molecule is C=CCO[C@@]12Oc3ccc(OCCN4CC4)cc3[C@H]3[C@H](CCCCO)[C@@H](CCCCO)C=C(C(=NOCc4ccccc4)C[C@@H]1N(Cc1ccc4c(c1)OCO4)C(=O)OC)[C@H]32. The van der Waals surface area contributed by atoms with Gasteiger partial charge in [-0.05, 0) is 84.6 Å². The van der Waals surface area contributed by atoms with Gasteiger partial charge in [0.2, 0.25) is 12.6 Å². The van der Waals surface area contributed by atoms with Crippen LogP contribution in [0.5, 0.6) is 23.0 Å². The van der Waals surface area contributed by atoms with Gasteiger partial charge in [0.05, 0.1) is 25.3 Å². The lowest BCUT2D eigenvalue weighted by Crippen LogP contribution is -2.70. The van der Waals surface area contributed by atoms with Crippen LogP contribution in [0.4, 0.5) is 4.79 Å². The first-order valence-electron chi connectivity index (χ1n) is 21.8. The number of amides is 1. The first-order chi connectivity index (χ1) is 30.0. The van der Waals surface area contributed by atoms with Gasteiger partial charge >= 0.3 is 6.09 Å². The topological polar surface area (TPSA) is 141 Å². The number of ether oxygens (including phenoxy) is 6. The number of carbonyl (C=O) groups is 1. The lowest BCUT2D eigenvalue weighted by atomic mass is 9.55. The molecule has 3 aromatic rings. The lowest BCUT2D eigenvalue weighted by molar-refractivity contribution is -0.256. The van der Waals surface area contributed by atoms with Crippen LogP contribution >= 0.6 is 0 Å². The zero-order valence-corrected chi connectivity index (χ0v) is 35.1. The highest BCUT2D eigenvalue weighted by Crippen LogP contribution is 2.62. The van der Waals surface area contributed by atoms with E-state index in [1.54, 1.807) is 11.0 Å². The monoisotopic (exact) mass is 837 g/mol. The van der Waals surface area contributed by atoms with Crippen molar-refractivity contribution in [1.29, 1.82) is 0 Å². The van der Waals surface area contributed by atoms with E-state index in [0.29, 0.717) is 42.4 Å². The number of allylic oxidation sites excluding steroid dienone is 1. The minimum Gasteiger partial charge on any atom is -0.492 e. The number of benzene rings is 3. The molecule has 1 amide bonds. The summed E-state index contributed by atoms with van der Waals surface area (Å²) in [6.45, 7) is 8.55. The normalized spacial score (nSPS) is 25.1. The van der Waals surface area contributed by atoms with Crippen molar-refractivity contribution >= 4 is 11.8 Å². The van der Waals surface area contributed by atoms with Crippen molar-refractivity contribution in [1.82, 2.24) is 9.80 Å². The molecule has 1 saturated heterocycles. The number of oxime groups is 1. The molecular weight excluding hydrogens is 779 g/mol. The molecule has 0 radical (unpaired) electrons. The third kappa shape index (κ3) is 9.40. The number of unbranched alkanes of at least 4 members (excludes halogenated alkanes) is 2. The first kappa shape index (κ1) is 42.6. The standard InChI is InChI=1S/C48H59N3O10/c1-3-24-59-48-44(51(47(54)55-2)30-34-15-17-42-43(26-34)58-32-57-42)29-40(49-60-31-33-11-5-4-6-12-33)38-27-35(13-7-9-22-52)37(14-8-10-23-53)45(46(38)48)39-28-36(16-18-41(39)61-48)56-25-21-50-19-20-50/h3-6,11-12,15-18,26-28,35,37,44-46,52-53H,1,7-10,13-14,19-25,29-32H2,2H3/t35-,37+,44-,45+,46+,48+/m0/s1. The third-order valence-corrected chi connectivity index (χ3v) is 12.7. The molecular formula is C48H59N3O10. The maximum atomic E-state index is 14.3. The summed E-state index contributed by atoms with van der Waals surface area (Å²) in [7, 11) is 1.38. The van der Waals surface area contributed by atoms with Gasteiger partial charge in [0.25, 0.3) is 0 Å². The van der Waals surface area contributed by atoms with Crippen LogP contribution in [0.3, 0.4) is 0 Å². The summed E-state index contributed by atoms with van der Waals surface area (Å²) in [5.74, 6) is 0.741. The molecule has 1 saturated carbocycles. The quantitative estimate of drug-likeness (QED) is 0.0487. The van der Waals surface area contributed by atoms with Crippen molar-refractivity contribution in [3.8, 4) is 23.0 Å². The van der Waals surface area contributed by atoms with Crippen molar-refractivity contribution in [3.05, 3.63) is 108 Å². The number of aliphatic hydroxyl groups excluding tert-OH is 2. The summed E-state index contributed by atoms with van der Waals surface area (Å²) >= 11 is 0. The highest BCUT2D eigenvalue weighted by Gasteiger charge is 2.65. The van der Waals surface area contributed by atoms with Gasteiger partial charge in [-0.15, -0.1) is 6.58 Å². The Morgan fingerprint density at radius 1 is 0.967 bits per heavy atom. The predicted molar refractivity (Wildman–Crippen MR) is 229 cm³/mol. The Kier molecular flexibility index (Phi) is 13.8. The van der Waals surface area contributed by atoms with Crippen LogP contribution in [-0.4, -0.2) is 104 Å². The van der Waals surface area contributed by atoms with Crippen molar-refractivity contribution in [2.45, 2.75) is 75.8 Å². The molecule has 2 N–H and O–H groups in total. The van der Waals surface area contributed by atoms with E-state index in [2.05, 4.69) is 23.6 Å². The maximum Gasteiger partial charge on any atom is 0.410 e. The lowest BCUT2D eigenvalue weighted by Gasteiger charge is -2.59. The van der Waals surface area contributed by atoms with Crippen LogP contribution in [0.1, 0.15) is 67.6 Å². The van der Waals surface area contributed by atoms with Crippen LogP contribution in [-0.2, 0) is 27.5 Å². The Hall–Kier alpha value is -5.08.